The third-order valence-corrected chi connectivity index (χ3v) is 5.38. The first-order valence-electron chi connectivity index (χ1n) is 6.66. The van der Waals surface area contributed by atoms with E-state index in [1.165, 1.54) is 11.3 Å². The summed E-state index contributed by atoms with van der Waals surface area (Å²) in [5.74, 6) is 0. The molecule has 0 unspecified atom stereocenters. The smallest absolute Gasteiger partial charge is 0.241 e. The molecule has 2 rings (SSSR count). The van der Waals surface area contributed by atoms with Crippen LogP contribution in [-0.2, 0) is 16.6 Å². The Balaban J connectivity index is 2.27. The van der Waals surface area contributed by atoms with E-state index < -0.39 is 10.0 Å². The Morgan fingerprint density at radius 3 is 2.43 bits per heavy atom. The lowest BCUT2D eigenvalue weighted by Crippen LogP contribution is -2.25. The van der Waals surface area contributed by atoms with E-state index in [2.05, 4.69) is 15.0 Å². The standard InChI is InChI=1S/C14H19N3O2S2/c1-4-15-12-5-10(2)14(11(3)6-12)21(18,19)17-7-13-8-20-9-16-13/h5-6,8-9,15,17H,4,7H2,1-3H3. The van der Waals surface area contributed by atoms with Gasteiger partial charge < -0.3 is 5.32 Å². The van der Waals surface area contributed by atoms with Crippen LogP contribution in [0, 0.1) is 13.8 Å². The molecule has 7 heteroatoms. The molecular formula is C14H19N3O2S2. The van der Waals surface area contributed by atoms with Crippen molar-refractivity contribution in [3.05, 3.63) is 39.8 Å². The molecule has 1 heterocycles. The maximum Gasteiger partial charge on any atom is 0.241 e. The highest BCUT2D eigenvalue weighted by Crippen LogP contribution is 2.24. The summed E-state index contributed by atoms with van der Waals surface area (Å²) in [6.07, 6.45) is 0. The number of hydrogen-bond acceptors (Lipinski definition) is 5. The minimum atomic E-state index is -3.54. The van der Waals surface area contributed by atoms with E-state index in [9.17, 15) is 8.42 Å². The molecule has 0 atom stereocenters. The number of nitrogens with zero attached hydrogens (tertiary/aromatic N) is 1. The van der Waals surface area contributed by atoms with Crippen LogP contribution in [0.25, 0.3) is 0 Å². The van der Waals surface area contributed by atoms with Gasteiger partial charge in [-0.2, -0.15) is 0 Å². The highest BCUT2D eigenvalue weighted by atomic mass is 32.2. The van der Waals surface area contributed by atoms with Crippen molar-refractivity contribution in [2.45, 2.75) is 32.2 Å². The Morgan fingerprint density at radius 1 is 1.24 bits per heavy atom. The first-order chi connectivity index (χ1) is 9.94. The van der Waals surface area contributed by atoms with Crippen molar-refractivity contribution in [2.24, 2.45) is 0 Å². The monoisotopic (exact) mass is 325 g/mol. The van der Waals surface area contributed by atoms with E-state index in [-0.39, 0.29) is 6.54 Å². The zero-order valence-corrected chi connectivity index (χ0v) is 13.9. The number of aromatic nitrogens is 1. The van der Waals surface area contributed by atoms with Crippen LogP contribution < -0.4 is 10.0 Å². The molecule has 114 valence electrons. The molecule has 0 spiro atoms. The molecule has 2 aromatic rings. The molecule has 0 saturated heterocycles. The Labute approximate surface area is 129 Å². The van der Waals surface area contributed by atoms with E-state index in [1.54, 1.807) is 5.51 Å². The van der Waals surface area contributed by atoms with Crippen molar-refractivity contribution in [1.29, 1.82) is 0 Å². The SMILES string of the molecule is CCNc1cc(C)c(S(=O)(=O)NCc2cscn2)c(C)c1. The van der Waals surface area contributed by atoms with E-state index >= 15 is 0 Å². The number of nitrogens with one attached hydrogen (secondary N) is 2. The van der Waals surface area contributed by atoms with E-state index in [4.69, 9.17) is 0 Å². The van der Waals surface area contributed by atoms with Gasteiger partial charge in [0.2, 0.25) is 10.0 Å². The predicted molar refractivity (Wildman–Crippen MR) is 86.2 cm³/mol. The van der Waals surface area contributed by atoms with Gasteiger partial charge in [-0.3, -0.25) is 0 Å². The van der Waals surface area contributed by atoms with Gasteiger partial charge in [-0.05, 0) is 44.0 Å². The first-order valence-corrected chi connectivity index (χ1v) is 9.08. The number of rotatable bonds is 6. The molecule has 0 bridgehead atoms. The van der Waals surface area contributed by atoms with Crippen LogP contribution in [0.3, 0.4) is 0 Å². The van der Waals surface area contributed by atoms with Crippen LogP contribution >= 0.6 is 11.3 Å². The van der Waals surface area contributed by atoms with Gasteiger partial charge in [0.1, 0.15) is 0 Å². The van der Waals surface area contributed by atoms with Gasteiger partial charge in [0, 0.05) is 17.6 Å². The van der Waals surface area contributed by atoms with E-state index in [1.807, 2.05) is 38.3 Å². The van der Waals surface area contributed by atoms with Gasteiger partial charge in [0.15, 0.2) is 0 Å². The van der Waals surface area contributed by atoms with Crippen molar-refractivity contribution in [3.8, 4) is 0 Å². The number of hydrogen-bond donors (Lipinski definition) is 2. The predicted octanol–water partition coefficient (Wildman–Crippen LogP) is 2.67. The Hall–Kier alpha value is -1.44. The molecule has 0 aliphatic carbocycles. The summed E-state index contributed by atoms with van der Waals surface area (Å²) >= 11 is 1.45. The molecule has 0 aliphatic heterocycles. The number of aryl methyl sites for hydroxylation is 2. The number of thiazole rings is 1. The summed E-state index contributed by atoms with van der Waals surface area (Å²) in [5.41, 5.74) is 4.81. The fourth-order valence-electron chi connectivity index (χ4n) is 2.25. The van der Waals surface area contributed by atoms with Crippen LogP contribution in [0.2, 0.25) is 0 Å². The van der Waals surface area contributed by atoms with Crippen LogP contribution in [0.5, 0.6) is 0 Å². The molecular weight excluding hydrogens is 306 g/mol. The maximum absolute atomic E-state index is 12.5. The van der Waals surface area contributed by atoms with Gasteiger partial charge >= 0.3 is 0 Å². The van der Waals surface area contributed by atoms with Crippen molar-refractivity contribution >= 4 is 27.0 Å². The zero-order valence-electron chi connectivity index (χ0n) is 12.3. The number of anilines is 1. The third kappa shape index (κ3) is 3.81. The van der Waals surface area contributed by atoms with Crippen molar-refractivity contribution in [2.75, 3.05) is 11.9 Å². The topological polar surface area (TPSA) is 71.1 Å². The Morgan fingerprint density at radius 2 is 1.90 bits per heavy atom. The van der Waals surface area contributed by atoms with Crippen LogP contribution in [0.4, 0.5) is 5.69 Å². The molecule has 0 amide bonds. The molecule has 2 N–H and O–H groups in total. The molecule has 0 saturated carbocycles. The molecule has 1 aromatic heterocycles. The van der Waals surface area contributed by atoms with Crippen LogP contribution in [0.15, 0.2) is 27.9 Å². The minimum absolute atomic E-state index is 0.208. The molecule has 1 aromatic carbocycles. The second-order valence-corrected chi connectivity index (χ2v) is 7.20. The van der Waals surface area contributed by atoms with E-state index in [0.29, 0.717) is 4.90 Å². The van der Waals surface area contributed by atoms with Gasteiger partial charge in [0.05, 0.1) is 22.6 Å². The van der Waals surface area contributed by atoms with Gasteiger partial charge in [-0.15, -0.1) is 11.3 Å². The summed E-state index contributed by atoms with van der Waals surface area (Å²) in [7, 11) is -3.54. The first kappa shape index (κ1) is 15.9. The highest BCUT2D eigenvalue weighted by Gasteiger charge is 2.20. The largest absolute Gasteiger partial charge is 0.385 e. The van der Waals surface area contributed by atoms with Gasteiger partial charge in [-0.1, -0.05) is 0 Å². The Bertz CT molecular complexity index is 687. The molecule has 5 nitrogen and oxygen atoms in total. The lowest BCUT2D eigenvalue weighted by molar-refractivity contribution is 0.579. The van der Waals surface area contributed by atoms with E-state index in [0.717, 1.165) is 29.1 Å². The highest BCUT2D eigenvalue weighted by molar-refractivity contribution is 7.89. The average molecular weight is 325 g/mol. The van der Waals surface area contributed by atoms with Crippen molar-refractivity contribution < 1.29 is 8.42 Å². The van der Waals surface area contributed by atoms with Crippen molar-refractivity contribution in [1.82, 2.24) is 9.71 Å². The minimum Gasteiger partial charge on any atom is -0.385 e. The second kappa shape index (κ2) is 6.55. The quantitative estimate of drug-likeness (QED) is 0.856. The van der Waals surface area contributed by atoms with Gasteiger partial charge in [0.25, 0.3) is 0 Å². The number of benzene rings is 1. The zero-order chi connectivity index (χ0) is 15.5. The second-order valence-electron chi connectivity index (χ2n) is 4.77. The fraction of sp³-hybridized carbons (Fsp3) is 0.357. The molecule has 0 fully saturated rings. The normalized spacial score (nSPS) is 11.6. The van der Waals surface area contributed by atoms with Crippen molar-refractivity contribution in [3.63, 3.8) is 0 Å². The summed E-state index contributed by atoms with van der Waals surface area (Å²) in [5, 5.41) is 5.03. The lowest BCUT2D eigenvalue weighted by atomic mass is 10.1. The van der Waals surface area contributed by atoms with Crippen LogP contribution in [-0.4, -0.2) is 19.9 Å². The number of sulfonamides is 1. The van der Waals surface area contributed by atoms with Crippen LogP contribution in [0.1, 0.15) is 23.7 Å². The summed E-state index contributed by atoms with van der Waals surface area (Å²) in [4.78, 5) is 4.42. The lowest BCUT2D eigenvalue weighted by Gasteiger charge is -2.14. The Kier molecular flexibility index (Phi) is 4.97. The summed E-state index contributed by atoms with van der Waals surface area (Å²) in [6, 6.07) is 3.71. The third-order valence-electron chi connectivity index (χ3n) is 3.04. The molecule has 0 radical (unpaired) electrons. The molecule has 21 heavy (non-hydrogen) atoms. The van der Waals surface area contributed by atoms with Gasteiger partial charge in [-0.25, -0.2) is 18.1 Å². The average Bonchev–Trinajstić information content (AvgIpc) is 2.88. The maximum atomic E-state index is 12.5. The summed E-state index contributed by atoms with van der Waals surface area (Å²) in [6.45, 7) is 6.63. The summed E-state index contributed by atoms with van der Waals surface area (Å²) < 4.78 is 27.6. The molecule has 0 aliphatic rings. The fourth-order valence-corrected chi connectivity index (χ4v) is 4.25.